The third-order valence-electron chi connectivity index (χ3n) is 2.33. The minimum Gasteiger partial charge on any atom is -0.477 e. The molecule has 0 radical (unpaired) electrons. The average molecular weight is 260 g/mol. The second kappa shape index (κ2) is 5.33. The summed E-state index contributed by atoms with van der Waals surface area (Å²) in [5, 5.41) is 8.82. The molecule has 0 saturated heterocycles. The zero-order chi connectivity index (χ0) is 13.1. The van der Waals surface area contributed by atoms with Crippen molar-refractivity contribution in [2.75, 3.05) is 6.54 Å². The van der Waals surface area contributed by atoms with Crippen LogP contribution in [0.1, 0.15) is 30.3 Å². The van der Waals surface area contributed by atoms with Gasteiger partial charge in [-0.1, -0.05) is 13.3 Å². The number of carboxylic acids is 1. The van der Waals surface area contributed by atoms with E-state index < -0.39 is 16.0 Å². The van der Waals surface area contributed by atoms with E-state index in [-0.39, 0.29) is 10.6 Å². The minimum atomic E-state index is -3.60. The van der Waals surface area contributed by atoms with Gasteiger partial charge in [-0.3, -0.25) is 0 Å². The molecule has 0 spiro atoms. The van der Waals surface area contributed by atoms with Gasteiger partial charge < -0.3 is 9.67 Å². The molecule has 0 aliphatic rings. The third-order valence-corrected chi connectivity index (χ3v) is 3.76. The largest absolute Gasteiger partial charge is 0.477 e. The van der Waals surface area contributed by atoms with Gasteiger partial charge in [0.25, 0.3) is 0 Å². The van der Waals surface area contributed by atoms with E-state index in [0.717, 1.165) is 18.9 Å². The maximum Gasteiger partial charge on any atom is 0.352 e. The third kappa shape index (κ3) is 3.31. The molecule has 0 bridgehead atoms. The normalized spacial score (nSPS) is 11.6. The summed E-state index contributed by atoms with van der Waals surface area (Å²) in [5.41, 5.74) is -0.0548. The molecule has 0 aromatic carbocycles. The summed E-state index contributed by atoms with van der Waals surface area (Å²) in [6.45, 7) is 2.31. The molecule has 0 atom stereocenters. The highest BCUT2D eigenvalue weighted by molar-refractivity contribution is 7.89. The quantitative estimate of drug-likeness (QED) is 0.740. The monoisotopic (exact) mass is 260 g/mol. The van der Waals surface area contributed by atoms with Crippen molar-refractivity contribution >= 4 is 16.0 Å². The lowest BCUT2D eigenvalue weighted by molar-refractivity contribution is 0.0686. The number of aryl methyl sites for hydroxylation is 1. The highest BCUT2D eigenvalue weighted by Crippen LogP contribution is 2.13. The Morgan fingerprint density at radius 2 is 2.18 bits per heavy atom. The van der Waals surface area contributed by atoms with E-state index in [2.05, 4.69) is 4.72 Å². The molecule has 96 valence electrons. The molecular weight excluding hydrogens is 244 g/mol. The molecule has 0 unspecified atom stereocenters. The van der Waals surface area contributed by atoms with E-state index in [0.29, 0.717) is 6.54 Å². The Labute approximate surface area is 100 Å². The molecule has 17 heavy (non-hydrogen) atoms. The first-order valence-corrected chi connectivity index (χ1v) is 6.76. The van der Waals surface area contributed by atoms with Crippen molar-refractivity contribution in [1.82, 2.24) is 9.29 Å². The fourth-order valence-corrected chi connectivity index (χ4v) is 2.50. The van der Waals surface area contributed by atoms with E-state index >= 15 is 0 Å². The number of unbranched alkanes of at least 4 members (excludes halogenated alkanes) is 1. The predicted octanol–water partition coefficient (Wildman–Crippen LogP) is 0.802. The minimum absolute atomic E-state index is 0.0199. The van der Waals surface area contributed by atoms with Crippen LogP contribution in [0.2, 0.25) is 0 Å². The zero-order valence-electron chi connectivity index (χ0n) is 9.80. The lowest BCUT2D eigenvalue weighted by Crippen LogP contribution is -2.24. The number of nitrogens with one attached hydrogen (secondary N) is 1. The summed E-state index contributed by atoms with van der Waals surface area (Å²) in [6, 6.07) is 1.15. The van der Waals surface area contributed by atoms with Crippen molar-refractivity contribution in [3.8, 4) is 0 Å². The van der Waals surface area contributed by atoms with E-state index in [1.165, 1.54) is 17.8 Å². The highest BCUT2D eigenvalue weighted by Gasteiger charge is 2.19. The van der Waals surface area contributed by atoms with Crippen molar-refractivity contribution in [3.63, 3.8) is 0 Å². The molecule has 0 saturated carbocycles. The van der Waals surface area contributed by atoms with Crippen LogP contribution in [0.15, 0.2) is 17.2 Å². The first-order valence-electron chi connectivity index (χ1n) is 5.28. The van der Waals surface area contributed by atoms with Crippen LogP contribution in [0, 0.1) is 0 Å². The van der Waals surface area contributed by atoms with Gasteiger partial charge in [-0.05, 0) is 12.5 Å². The molecule has 7 heteroatoms. The van der Waals surface area contributed by atoms with Crippen LogP contribution in [0.25, 0.3) is 0 Å². The van der Waals surface area contributed by atoms with Crippen LogP contribution in [-0.4, -0.2) is 30.6 Å². The molecule has 0 aliphatic carbocycles. The number of hydrogen-bond donors (Lipinski definition) is 2. The van der Waals surface area contributed by atoms with Crippen molar-refractivity contribution < 1.29 is 18.3 Å². The topological polar surface area (TPSA) is 88.4 Å². The molecule has 2 N–H and O–H groups in total. The molecule has 6 nitrogen and oxygen atoms in total. The molecular formula is C10H16N2O4S. The fourth-order valence-electron chi connectivity index (χ4n) is 1.36. The number of hydrogen-bond acceptors (Lipinski definition) is 3. The van der Waals surface area contributed by atoms with Crippen LogP contribution in [-0.2, 0) is 17.1 Å². The predicted molar refractivity (Wildman–Crippen MR) is 62.5 cm³/mol. The van der Waals surface area contributed by atoms with Crippen molar-refractivity contribution in [1.29, 1.82) is 0 Å². The second-order valence-electron chi connectivity index (χ2n) is 3.73. The molecule has 0 fully saturated rings. The van der Waals surface area contributed by atoms with Crippen molar-refractivity contribution in [2.45, 2.75) is 24.7 Å². The SMILES string of the molecule is CCCCNS(=O)(=O)c1cc(C(=O)O)n(C)c1. The first kappa shape index (κ1) is 13.7. The second-order valence-corrected chi connectivity index (χ2v) is 5.50. The van der Waals surface area contributed by atoms with E-state index in [4.69, 9.17) is 5.11 Å². The Morgan fingerprint density at radius 3 is 2.65 bits per heavy atom. The maximum absolute atomic E-state index is 11.8. The number of aromatic nitrogens is 1. The van der Waals surface area contributed by atoms with Crippen molar-refractivity contribution in [2.24, 2.45) is 7.05 Å². The van der Waals surface area contributed by atoms with Gasteiger partial charge in [0.15, 0.2) is 0 Å². The van der Waals surface area contributed by atoms with Gasteiger partial charge in [0.2, 0.25) is 10.0 Å². The number of carboxylic acid groups (broad SMARTS) is 1. The van der Waals surface area contributed by atoms with Crippen LogP contribution >= 0.6 is 0 Å². The first-order chi connectivity index (χ1) is 7.88. The van der Waals surface area contributed by atoms with Crippen LogP contribution in [0.5, 0.6) is 0 Å². The van der Waals surface area contributed by atoms with Crippen molar-refractivity contribution in [3.05, 3.63) is 18.0 Å². The summed E-state index contributed by atoms with van der Waals surface area (Å²) in [4.78, 5) is 10.8. The Kier molecular flexibility index (Phi) is 4.30. The standard InChI is InChI=1S/C10H16N2O4S/c1-3-4-5-11-17(15,16)8-6-9(10(13)14)12(2)7-8/h6-7,11H,3-5H2,1-2H3,(H,13,14). The van der Waals surface area contributed by atoms with E-state index in [1.807, 2.05) is 6.92 Å². The van der Waals surface area contributed by atoms with Gasteiger partial charge in [-0.15, -0.1) is 0 Å². The molecule has 1 aromatic rings. The molecule has 1 rings (SSSR count). The average Bonchev–Trinajstić information content (AvgIpc) is 2.61. The number of rotatable bonds is 6. The van der Waals surface area contributed by atoms with Gasteiger partial charge in [0.1, 0.15) is 10.6 Å². The smallest absolute Gasteiger partial charge is 0.352 e. The Balaban J connectivity index is 2.92. The van der Waals surface area contributed by atoms with E-state index in [9.17, 15) is 13.2 Å². The van der Waals surface area contributed by atoms with Gasteiger partial charge >= 0.3 is 5.97 Å². The fraction of sp³-hybridized carbons (Fsp3) is 0.500. The Morgan fingerprint density at radius 1 is 1.53 bits per heavy atom. The van der Waals surface area contributed by atoms with Crippen LogP contribution in [0.4, 0.5) is 0 Å². The summed E-state index contributed by atoms with van der Waals surface area (Å²) in [6.07, 6.45) is 2.92. The number of carbonyl (C=O) groups is 1. The summed E-state index contributed by atoms with van der Waals surface area (Å²) < 4.78 is 27.3. The molecule has 0 amide bonds. The summed E-state index contributed by atoms with van der Waals surface area (Å²) in [5.74, 6) is -1.15. The molecule has 1 heterocycles. The zero-order valence-corrected chi connectivity index (χ0v) is 10.6. The number of nitrogens with zero attached hydrogens (tertiary/aromatic N) is 1. The number of sulfonamides is 1. The maximum atomic E-state index is 11.8. The highest BCUT2D eigenvalue weighted by atomic mass is 32.2. The Bertz CT molecular complexity index is 504. The molecule has 1 aromatic heterocycles. The van der Waals surface area contributed by atoms with Crippen LogP contribution in [0.3, 0.4) is 0 Å². The Hall–Kier alpha value is -1.34. The number of aromatic carboxylic acids is 1. The van der Waals surface area contributed by atoms with Gasteiger partial charge in [0, 0.05) is 19.8 Å². The van der Waals surface area contributed by atoms with Gasteiger partial charge in [-0.25, -0.2) is 17.9 Å². The van der Waals surface area contributed by atoms with E-state index in [1.54, 1.807) is 0 Å². The van der Waals surface area contributed by atoms with Gasteiger partial charge in [-0.2, -0.15) is 0 Å². The van der Waals surface area contributed by atoms with Crippen LogP contribution < -0.4 is 4.72 Å². The lowest BCUT2D eigenvalue weighted by Gasteiger charge is -2.02. The summed E-state index contributed by atoms with van der Waals surface area (Å²) >= 11 is 0. The summed E-state index contributed by atoms with van der Waals surface area (Å²) in [7, 11) is -2.11. The van der Waals surface area contributed by atoms with Gasteiger partial charge in [0.05, 0.1) is 0 Å². The lowest BCUT2D eigenvalue weighted by atomic mass is 10.3. The molecule has 0 aliphatic heterocycles.